The number of methoxy groups -OCH3 is 1. The third-order valence-corrected chi connectivity index (χ3v) is 9.12. The third-order valence-electron chi connectivity index (χ3n) is 7.44. The number of benzene rings is 2. The molecule has 1 aliphatic carbocycles. The molecule has 1 N–H and O–H groups in total. The molecular formula is C29H28ClF2N3O3S. The molecule has 2 heterocycles. The Bertz CT molecular complexity index is 1500. The Morgan fingerprint density at radius 1 is 1.10 bits per heavy atom. The first-order valence-electron chi connectivity index (χ1n) is 12.7. The summed E-state index contributed by atoms with van der Waals surface area (Å²) in [7, 11) is 3.50. The van der Waals surface area contributed by atoms with Crippen LogP contribution in [-0.2, 0) is 6.54 Å². The molecule has 2 aromatic carbocycles. The summed E-state index contributed by atoms with van der Waals surface area (Å²) in [4.78, 5) is 16.0. The molecular weight excluding hydrogens is 544 g/mol. The number of nitrogens with one attached hydrogen (secondary N) is 1. The number of hydrogen-bond donors (Lipinski definition) is 1. The molecule has 2 aromatic heterocycles. The maximum atomic E-state index is 14.6. The van der Waals surface area contributed by atoms with Crippen molar-refractivity contribution in [2.45, 2.75) is 44.3 Å². The van der Waals surface area contributed by atoms with Crippen LogP contribution in [0.15, 0.2) is 54.9 Å². The number of fused-ring (bicyclic) bond motifs is 1. The first kappa shape index (κ1) is 27.3. The van der Waals surface area contributed by atoms with E-state index in [2.05, 4.69) is 5.32 Å². The van der Waals surface area contributed by atoms with Gasteiger partial charge in [0.1, 0.15) is 22.3 Å². The highest BCUT2D eigenvalue weighted by Gasteiger charge is 2.33. The number of carbonyl (C=O) groups is 1. The van der Waals surface area contributed by atoms with E-state index in [-0.39, 0.29) is 38.5 Å². The molecule has 39 heavy (non-hydrogen) atoms. The van der Waals surface area contributed by atoms with Crippen LogP contribution in [0.1, 0.15) is 40.9 Å². The number of amides is 1. The van der Waals surface area contributed by atoms with Gasteiger partial charge in [0.2, 0.25) is 0 Å². The maximum Gasteiger partial charge on any atom is 0.266 e. The van der Waals surface area contributed by atoms with Crippen molar-refractivity contribution < 1.29 is 23.0 Å². The molecule has 0 saturated heterocycles. The summed E-state index contributed by atoms with van der Waals surface area (Å²) >= 11 is 7.41. The number of thiophene rings is 1. The summed E-state index contributed by atoms with van der Waals surface area (Å²) in [5.41, 5.74) is 2.48. The van der Waals surface area contributed by atoms with Crippen LogP contribution in [0, 0.1) is 16.8 Å². The number of rotatable bonds is 7. The Morgan fingerprint density at radius 3 is 2.44 bits per heavy atom. The zero-order valence-corrected chi connectivity index (χ0v) is 23.1. The molecule has 204 valence electrons. The van der Waals surface area contributed by atoms with Crippen LogP contribution < -0.4 is 14.8 Å². The predicted octanol–water partition coefficient (Wildman–Crippen LogP) is 6.31. The highest BCUT2D eigenvalue weighted by atomic mass is 35.5. The van der Waals surface area contributed by atoms with Crippen molar-refractivity contribution in [3.05, 3.63) is 87.2 Å². The van der Waals surface area contributed by atoms with Crippen LogP contribution in [0.3, 0.4) is 0 Å². The second-order valence-corrected chi connectivity index (χ2v) is 11.1. The van der Waals surface area contributed by atoms with Crippen molar-refractivity contribution in [2.75, 3.05) is 14.2 Å². The number of ether oxygens (including phenoxy) is 1. The van der Waals surface area contributed by atoms with E-state index in [1.807, 2.05) is 25.2 Å². The molecule has 1 aliphatic rings. The van der Waals surface area contributed by atoms with Gasteiger partial charge in [-0.05, 0) is 68.1 Å². The maximum absolute atomic E-state index is 14.6. The molecule has 0 spiro atoms. The van der Waals surface area contributed by atoms with Gasteiger partial charge in [-0.15, -0.1) is 11.3 Å². The normalized spacial score (nSPS) is 17.4. The molecule has 10 heteroatoms. The van der Waals surface area contributed by atoms with Crippen molar-refractivity contribution in [1.82, 2.24) is 10.2 Å². The number of halogens is 3. The molecule has 6 nitrogen and oxygen atoms in total. The van der Waals surface area contributed by atoms with Gasteiger partial charge < -0.3 is 20.2 Å². The van der Waals surface area contributed by atoms with E-state index in [4.69, 9.17) is 16.3 Å². The summed E-state index contributed by atoms with van der Waals surface area (Å²) in [5.74, 6) is -1.04. The summed E-state index contributed by atoms with van der Waals surface area (Å²) in [6.07, 6.45) is 6.18. The Balaban J connectivity index is 1.55. The summed E-state index contributed by atoms with van der Waals surface area (Å²) < 4.78 is 35.5. The van der Waals surface area contributed by atoms with E-state index in [1.165, 1.54) is 12.4 Å². The Kier molecular flexibility index (Phi) is 8.02. The van der Waals surface area contributed by atoms with Gasteiger partial charge in [0.05, 0.1) is 22.2 Å². The summed E-state index contributed by atoms with van der Waals surface area (Å²) in [5, 5.41) is 14.7. The van der Waals surface area contributed by atoms with Gasteiger partial charge in [-0.1, -0.05) is 17.7 Å². The lowest BCUT2D eigenvalue weighted by Crippen LogP contribution is -2.44. The summed E-state index contributed by atoms with van der Waals surface area (Å²) in [6, 6.07) is 11.5. The highest BCUT2D eigenvalue weighted by molar-refractivity contribution is 7.21. The molecule has 1 amide bonds. The zero-order chi connectivity index (χ0) is 27.7. The second-order valence-electron chi connectivity index (χ2n) is 9.68. The number of hydrogen-bond acceptors (Lipinski definition) is 5. The zero-order valence-electron chi connectivity index (χ0n) is 21.5. The monoisotopic (exact) mass is 571 g/mol. The van der Waals surface area contributed by atoms with Crippen LogP contribution in [0.5, 0.6) is 5.75 Å². The van der Waals surface area contributed by atoms with Gasteiger partial charge >= 0.3 is 0 Å². The van der Waals surface area contributed by atoms with Gasteiger partial charge in [-0.3, -0.25) is 4.79 Å². The molecule has 0 bridgehead atoms. The number of nitrogens with zero attached hydrogens (tertiary/aromatic N) is 2. The lowest BCUT2D eigenvalue weighted by atomic mass is 9.89. The fourth-order valence-electron chi connectivity index (χ4n) is 5.28. The molecule has 1 saturated carbocycles. The van der Waals surface area contributed by atoms with Crippen LogP contribution in [0.4, 0.5) is 8.78 Å². The van der Waals surface area contributed by atoms with Gasteiger partial charge in [-0.25, -0.2) is 8.78 Å². The SMILES string of the molecule is CNC1CCC(N(Cc2cc(-c3cc[n+]([O-])cc3)ccc2OC)C(=O)c2sc3c(F)ccc(F)c3c2Cl)CC1. The molecule has 0 atom stereocenters. The molecule has 0 unspecified atom stereocenters. The molecule has 4 aromatic rings. The van der Waals surface area contributed by atoms with Gasteiger partial charge in [0.15, 0.2) is 12.4 Å². The minimum Gasteiger partial charge on any atom is -0.619 e. The minimum atomic E-state index is -0.663. The summed E-state index contributed by atoms with van der Waals surface area (Å²) in [6.45, 7) is 0.217. The Morgan fingerprint density at radius 2 is 1.79 bits per heavy atom. The van der Waals surface area contributed by atoms with Crippen molar-refractivity contribution in [3.63, 3.8) is 0 Å². The highest BCUT2D eigenvalue weighted by Crippen LogP contribution is 2.40. The van der Waals surface area contributed by atoms with Gasteiger partial charge in [0, 0.05) is 36.3 Å². The fourth-order valence-corrected chi connectivity index (χ4v) is 6.78. The van der Waals surface area contributed by atoms with Gasteiger partial charge in [-0.2, -0.15) is 4.73 Å². The van der Waals surface area contributed by atoms with E-state index < -0.39 is 11.6 Å². The van der Waals surface area contributed by atoms with Crippen LogP contribution in [-0.4, -0.2) is 37.0 Å². The first-order valence-corrected chi connectivity index (χ1v) is 13.9. The first-order chi connectivity index (χ1) is 18.8. The van der Waals surface area contributed by atoms with E-state index in [9.17, 15) is 18.8 Å². The van der Waals surface area contributed by atoms with E-state index in [0.29, 0.717) is 11.8 Å². The fraction of sp³-hybridized carbons (Fsp3) is 0.310. The molecule has 1 fully saturated rings. The second kappa shape index (κ2) is 11.5. The van der Waals surface area contributed by atoms with Crippen molar-refractivity contribution in [1.29, 1.82) is 0 Å². The largest absolute Gasteiger partial charge is 0.619 e. The van der Waals surface area contributed by atoms with Crippen molar-refractivity contribution in [3.8, 4) is 16.9 Å². The Hall–Kier alpha value is -3.27. The number of carbonyl (C=O) groups excluding carboxylic acids is 1. The van der Waals surface area contributed by atoms with E-state index in [1.54, 1.807) is 24.1 Å². The predicted molar refractivity (Wildman–Crippen MR) is 149 cm³/mol. The smallest absolute Gasteiger partial charge is 0.266 e. The van der Waals surface area contributed by atoms with Crippen LogP contribution in [0.2, 0.25) is 5.02 Å². The van der Waals surface area contributed by atoms with Crippen molar-refractivity contribution >= 4 is 38.9 Å². The van der Waals surface area contributed by atoms with Crippen LogP contribution >= 0.6 is 22.9 Å². The van der Waals surface area contributed by atoms with E-state index >= 15 is 0 Å². The molecule has 5 rings (SSSR count). The third kappa shape index (κ3) is 5.44. The quantitative estimate of drug-likeness (QED) is 0.208. The standard InChI is InChI=1S/C29H28ClF2N3O3S/c1-33-20-4-6-21(7-5-20)35(29(36)28-26(30)25-22(31)8-9-23(32)27(25)39-28)16-19-15-18(3-10-24(19)38-2)17-11-13-34(37)14-12-17/h3,8-15,20-21,33H,4-7,16H2,1-2H3. The molecule has 0 radical (unpaired) electrons. The topological polar surface area (TPSA) is 68.5 Å². The number of aromatic nitrogens is 1. The minimum absolute atomic E-state index is 0.0291. The lowest BCUT2D eigenvalue weighted by Gasteiger charge is -2.37. The average Bonchev–Trinajstić information content (AvgIpc) is 3.32. The lowest BCUT2D eigenvalue weighted by molar-refractivity contribution is -0.605. The number of pyridine rings is 1. The van der Waals surface area contributed by atoms with Gasteiger partial charge in [0.25, 0.3) is 5.91 Å². The molecule has 0 aliphatic heterocycles. The average molecular weight is 572 g/mol. The van der Waals surface area contributed by atoms with E-state index in [0.717, 1.165) is 70.6 Å². The Labute approximate surface area is 234 Å². The van der Waals surface area contributed by atoms with Crippen molar-refractivity contribution in [2.24, 2.45) is 0 Å². The van der Waals surface area contributed by atoms with Crippen LogP contribution in [0.25, 0.3) is 21.2 Å².